The first-order valence-electron chi connectivity index (χ1n) is 8.80. The lowest BCUT2D eigenvalue weighted by molar-refractivity contribution is 0.0760. The lowest BCUT2D eigenvalue weighted by atomic mass is 10.2. The minimum atomic E-state index is -0.386. The van der Waals surface area contributed by atoms with Crippen molar-refractivity contribution in [2.75, 3.05) is 18.4 Å². The van der Waals surface area contributed by atoms with Crippen molar-refractivity contribution in [2.24, 2.45) is 0 Å². The molecule has 140 valence electrons. The number of benzene rings is 1. The SMILES string of the molecule is CCN(CC)C(=O)c1nc(C(=O)Nc2cc(Cl)ccc2C)c2ccccn12. The van der Waals surface area contributed by atoms with E-state index in [9.17, 15) is 9.59 Å². The van der Waals surface area contributed by atoms with Gasteiger partial charge in [0.15, 0.2) is 5.69 Å². The maximum absolute atomic E-state index is 12.9. The van der Waals surface area contributed by atoms with E-state index in [0.29, 0.717) is 29.3 Å². The third-order valence-corrected chi connectivity index (χ3v) is 4.69. The van der Waals surface area contributed by atoms with Crippen molar-refractivity contribution in [3.63, 3.8) is 0 Å². The second kappa shape index (κ2) is 7.80. The predicted molar refractivity (Wildman–Crippen MR) is 107 cm³/mol. The number of amides is 2. The zero-order valence-electron chi connectivity index (χ0n) is 15.5. The van der Waals surface area contributed by atoms with Crippen molar-refractivity contribution in [1.82, 2.24) is 14.3 Å². The van der Waals surface area contributed by atoms with Crippen LogP contribution in [0.3, 0.4) is 0 Å². The van der Waals surface area contributed by atoms with Gasteiger partial charge in [-0.1, -0.05) is 23.7 Å². The number of anilines is 1. The molecule has 2 amide bonds. The van der Waals surface area contributed by atoms with Crippen molar-refractivity contribution in [3.8, 4) is 0 Å². The van der Waals surface area contributed by atoms with Crippen LogP contribution in [0.5, 0.6) is 0 Å². The van der Waals surface area contributed by atoms with Gasteiger partial charge in [-0.05, 0) is 50.6 Å². The summed E-state index contributed by atoms with van der Waals surface area (Å²) in [7, 11) is 0. The van der Waals surface area contributed by atoms with Crippen molar-refractivity contribution in [3.05, 3.63) is 64.7 Å². The van der Waals surface area contributed by atoms with Gasteiger partial charge < -0.3 is 10.2 Å². The largest absolute Gasteiger partial charge is 0.337 e. The normalized spacial score (nSPS) is 10.8. The Morgan fingerprint density at radius 3 is 2.63 bits per heavy atom. The molecule has 0 spiro atoms. The average Bonchev–Trinajstić information content (AvgIpc) is 3.05. The van der Waals surface area contributed by atoms with E-state index < -0.39 is 0 Å². The molecule has 0 radical (unpaired) electrons. The van der Waals surface area contributed by atoms with E-state index in [1.165, 1.54) is 0 Å². The highest BCUT2D eigenvalue weighted by Crippen LogP contribution is 2.22. The monoisotopic (exact) mass is 384 g/mol. The fourth-order valence-electron chi connectivity index (χ4n) is 2.92. The fourth-order valence-corrected chi connectivity index (χ4v) is 3.09. The zero-order chi connectivity index (χ0) is 19.6. The number of imidazole rings is 1. The predicted octanol–water partition coefficient (Wildman–Crippen LogP) is 4.03. The zero-order valence-corrected chi connectivity index (χ0v) is 16.2. The van der Waals surface area contributed by atoms with E-state index in [2.05, 4.69) is 10.3 Å². The third kappa shape index (κ3) is 3.66. The number of nitrogens with one attached hydrogen (secondary N) is 1. The number of pyridine rings is 1. The number of hydrogen-bond acceptors (Lipinski definition) is 3. The van der Waals surface area contributed by atoms with Crippen LogP contribution in [0.25, 0.3) is 5.52 Å². The number of carbonyl (C=O) groups is 2. The minimum absolute atomic E-state index is 0.200. The maximum Gasteiger partial charge on any atom is 0.290 e. The summed E-state index contributed by atoms with van der Waals surface area (Å²) in [5, 5.41) is 3.38. The second-order valence-electron chi connectivity index (χ2n) is 6.13. The van der Waals surface area contributed by atoms with Crippen LogP contribution in [-0.4, -0.2) is 39.2 Å². The molecule has 0 aliphatic carbocycles. The second-order valence-corrected chi connectivity index (χ2v) is 6.57. The van der Waals surface area contributed by atoms with Gasteiger partial charge in [-0.2, -0.15) is 0 Å². The summed E-state index contributed by atoms with van der Waals surface area (Å²) < 4.78 is 1.65. The van der Waals surface area contributed by atoms with E-state index in [-0.39, 0.29) is 23.3 Å². The number of halogens is 1. The topological polar surface area (TPSA) is 66.7 Å². The van der Waals surface area contributed by atoms with E-state index >= 15 is 0 Å². The van der Waals surface area contributed by atoms with Crippen molar-refractivity contribution in [2.45, 2.75) is 20.8 Å². The summed E-state index contributed by atoms with van der Waals surface area (Å²) in [6.07, 6.45) is 1.74. The molecule has 6 nitrogen and oxygen atoms in total. The Morgan fingerprint density at radius 1 is 1.19 bits per heavy atom. The van der Waals surface area contributed by atoms with E-state index in [0.717, 1.165) is 5.56 Å². The maximum atomic E-state index is 12.9. The van der Waals surface area contributed by atoms with Crippen LogP contribution in [0.2, 0.25) is 5.02 Å². The first-order chi connectivity index (χ1) is 13.0. The number of carbonyl (C=O) groups excluding carboxylic acids is 2. The fraction of sp³-hybridized carbons (Fsp3) is 0.250. The molecule has 1 aromatic carbocycles. The molecule has 0 unspecified atom stereocenters. The molecule has 0 saturated carbocycles. The van der Waals surface area contributed by atoms with Crippen LogP contribution in [0.15, 0.2) is 42.6 Å². The molecule has 0 aliphatic heterocycles. The number of aromatic nitrogens is 2. The first kappa shape index (κ1) is 18.9. The number of rotatable bonds is 5. The molecule has 0 atom stereocenters. The van der Waals surface area contributed by atoms with Crippen molar-refractivity contribution in [1.29, 1.82) is 0 Å². The molecule has 0 saturated heterocycles. The summed E-state index contributed by atoms with van der Waals surface area (Å²) in [5.74, 6) is -0.371. The van der Waals surface area contributed by atoms with E-state index in [1.54, 1.807) is 39.8 Å². The summed E-state index contributed by atoms with van der Waals surface area (Å²) in [5.41, 5.74) is 2.27. The molecule has 1 N–H and O–H groups in total. The number of hydrogen-bond donors (Lipinski definition) is 1. The Morgan fingerprint density at radius 2 is 1.93 bits per heavy atom. The van der Waals surface area contributed by atoms with Gasteiger partial charge in [0, 0.05) is 30.0 Å². The molecule has 3 rings (SSSR count). The van der Waals surface area contributed by atoms with E-state index in [1.807, 2.05) is 32.9 Å². The first-order valence-corrected chi connectivity index (χ1v) is 9.17. The summed E-state index contributed by atoms with van der Waals surface area (Å²) in [4.78, 5) is 31.7. The van der Waals surface area contributed by atoms with Crippen molar-refractivity contribution < 1.29 is 9.59 Å². The van der Waals surface area contributed by atoms with Gasteiger partial charge in [0.1, 0.15) is 0 Å². The molecule has 3 aromatic rings. The average molecular weight is 385 g/mol. The highest BCUT2D eigenvalue weighted by atomic mass is 35.5. The van der Waals surface area contributed by atoms with Gasteiger partial charge in [-0.15, -0.1) is 0 Å². The Labute approximate surface area is 162 Å². The lowest BCUT2D eigenvalue weighted by Crippen LogP contribution is -2.32. The summed E-state index contributed by atoms with van der Waals surface area (Å²) in [6.45, 7) is 6.84. The number of nitrogens with zero attached hydrogens (tertiary/aromatic N) is 3. The Kier molecular flexibility index (Phi) is 5.46. The molecule has 27 heavy (non-hydrogen) atoms. The van der Waals surface area contributed by atoms with Crippen LogP contribution in [0, 0.1) is 6.92 Å². The molecular weight excluding hydrogens is 364 g/mol. The quantitative estimate of drug-likeness (QED) is 0.722. The summed E-state index contributed by atoms with van der Waals surface area (Å²) >= 11 is 6.03. The van der Waals surface area contributed by atoms with Crippen LogP contribution in [0.4, 0.5) is 5.69 Å². The highest BCUT2D eigenvalue weighted by Gasteiger charge is 2.24. The van der Waals surface area contributed by atoms with E-state index in [4.69, 9.17) is 11.6 Å². The molecular formula is C20H21ClN4O2. The highest BCUT2D eigenvalue weighted by molar-refractivity contribution is 6.31. The smallest absolute Gasteiger partial charge is 0.290 e. The van der Waals surface area contributed by atoms with Gasteiger partial charge in [-0.3, -0.25) is 14.0 Å². The van der Waals surface area contributed by atoms with Gasteiger partial charge in [0.2, 0.25) is 5.82 Å². The molecule has 0 bridgehead atoms. The van der Waals surface area contributed by atoms with Gasteiger partial charge in [0.05, 0.1) is 5.52 Å². The Hall–Kier alpha value is -2.86. The molecule has 2 aromatic heterocycles. The van der Waals surface area contributed by atoms with Gasteiger partial charge in [-0.25, -0.2) is 4.98 Å². The molecule has 0 fully saturated rings. The van der Waals surface area contributed by atoms with Gasteiger partial charge in [0.25, 0.3) is 11.8 Å². The van der Waals surface area contributed by atoms with Crippen LogP contribution < -0.4 is 5.32 Å². The molecule has 2 heterocycles. The molecule has 7 heteroatoms. The van der Waals surface area contributed by atoms with Gasteiger partial charge >= 0.3 is 0 Å². The molecule has 0 aliphatic rings. The number of fused-ring (bicyclic) bond motifs is 1. The third-order valence-electron chi connectivity index (χ3n) is 4.45. The minimum Gasteiger partial charge on any atom is -0.337 e. The van der Waals surface area contributed by atoms with Crippen LogP contribution >= 0.6 is 11.6 Å². The summed E-state index contributed by atoms with van der Waals surface area (Å²) in [6, 6.07) is 10.7. The van der Waals surface area contributed by atoms with Crippen LogP contribution in [-0.2, 0) is 0 Å². The Balaban J connectivity index is 2.03. The lowest BCUT2D eigenvalue weighted by Gasteiger charge is -2.17. The standard InChI is InChI=1S/C20H21ClN4O2/c1-4-24(5-2)20(27)18-23-17(16-8-6-7-11-25(16)18)19(26)22-15-12-14(21)10-9-13(15)3/h6-12H,4-5H2,1-3H3,(H,22,26). The number of aryl methyl sites for hydroxylation is 1. The van der Waals surface area contributed by atoms with Crippen LogP contribution in [0.1, 0.15) is 40.5 Å². The Bertz CT molecular complexity index is 1010. The van der Waals surface area contributed by atoms with Crippen molar-refractivity contribution >= 4 is 34.6 Å².